The van der Waals surface area contributed by atoms with Gasteiger partial charge in [-0.25, -0.2) is 0 Å². The summed E-state index contributed by atoms with van der Waals surface area (Å²) in [4.78, 5) is 2.99. The second kappa shape index (κ2) is 16.6. The minimum atomic E-state index is -3.43. The van der Waals surface area contributed by atoms with Crippen molar-refractivity contribution < 1.29 is 31.1 Å². The molecule has 2 heterocycles. The van der Waals surface area contributed by atoms with Crippen LogP contribution in [0.25, 0.3) is 33.0 Å². The van der Waals surface area contributed by atoms with Gasteiger partial charge in [-0.1, -0.05) is 74.0 Å². The summed E-state index contributed by atoms with van der Waals surface area (Å²) in [5.74, 6) is 3.97. The van der Waals surface area contributed by atoms with Crippen LogP contribution >= 0.6 is 46.4 Å². The van der Waals surface area contributed by atoms with Gasteiger partial charge in [0.15, 0.2) is 0 Å². The average molecular weight is 892 g/mol. The number of ether oxygens (including phenoxy) is 2. The third-order valence-corrected chi connectivity index (χ3v) is 14.7. The van der Waals surface area contributed by atoms with E-state index in [1.165, 1.54) is 0 Å². The second-order valence-corrected chi connectivity index (χ2v) is 20.0. The molecule has 4 bridgehead atoms. The van der Waals surface area contributed by atoms with Gasteiger partial charge in [-0.2, -0.15) is 8.42 Å². The van der Waals surface area contributed by atoms with Gasteiger partial charge >= 0.3 is 0 Å². The number of benzene rings is 2. The molecule has 4 aromatic rings. The summed E-state index contributed by atoms with van der Waals surface area (Å²) in [7, 11) is -3.43. The van der Waals surface area contributed by atoms with Gasteiger partial charge in [0.25, 0.3) is 10.1 Å². The van der Waals surface area contributed by atoms with E-state index >= 15 is 0 Å². The highest BCUT2D eigenvalue weighted by Gasteiger charge is 2.49. The fraction of sp³-hybridized carbons (Fsp3) is 0.561. The van der Waals surface area contributed by atoms with E-state index in [1.807, 2.05) is 18.2 Å². The maximum atomic E-state index is 11.5. The van der Waals surface area contributed by atoms with Crippen molar-refractivity contribution in [2.75, 3.05) is 6.26 Å². The van der Waals surface area contributed by atoms with Gasteiger partial charge < -0.3 is 18.5 Å². The van der Waals surface area contributed by atoms with Gasteiger partial charge in [0.1, 0.15) is 22.9 Å². The highest BCUT2D eigenvalue weighted by atomic mass is 35.5. The predicted molar refractivity (Wildman–Crippen MR) is 219 cm³/mol. The molecule has 0 unspecified atom stereocenters. The normalized spacial score (nSPS) is 28.4. The van der Waals surface area contributed by atoms with Crippen LogP contribution in [-0.4, -0.2) is 49.3 Å². The van der Waals surface area contributed by atoms with E-state index in [4.69, 9.17) is 74.6 Å². The van der Waals surface area contributed by atoms with E-state index in [9.17, 15) is 8.42 Å². The molecule has 17 heteroatoms. The molecular weight excluding hydrogens is 848 g/mol. The van der Waals surface area contributed by atoms with E-state index in [0.717, 1.165) is 86.7 Å². The molecule has 2 aromatic carbocycles. The molecule has 0 spiro atoms. The standard InChI is InChI=1S/C21H23Cl2NO5S.C20H20Cl2N4O2/c1-30(25,26)29-18-9-12-7-13(18)8-17(12)27-10-14-20(24-28-21(14)11-5-6-11)19-15(22)3-2-4-16(19)23;21-14-2-1-3-15(22)18(14)19-13(20(28-25-19)10-4-5-10)9-27-17-8-11-6-12(17)7-16(11)24-26-23/h2-4,11-13,17-18H,5-10H2,1H3;1-3,10-12,16-17H,4-9H2/t12-,13-,17-,18+;11-,12-,16-,17-/m00/s1. The lowest BCUT2D eigenvalue weighted by Gasteiger charge is -2.27. The van der Waals surface area contributed by atoms with E-state index in [1.54, 1.807) is 18.2 Å². The lowest BCUT2D eigenvalue weighted by Crippen LogP contribution is -2.30. The minimum absolute atomic E-state index is 0.0749. The van der Waals surface area contributed by atoms with Crippen LogP contribution in [0.5, 0.6) is 0 Å². The lowest BCUT2D eigenvalue weighted by atomic mass is 9.93. The molecular formula is C41H43Cl4N5O7S. The first kappa shape index (κ1) is 40.6. The maximum absolute atomic E-state index is 11.5. The molecule has 6 aliphatic carbocycles. The van der Waals surface area contributed by atoms with Crippen molar-refractivity contribution in [3.63, 3.8) is 0 Å². The fourth-order valence-electron chi connectivity index (χ4n) is 9.80. The quantitative estimate of drug-likeness (QED) is 0.0550. The number of nitrogens with zero attached hydrogens (tertiary/aromatic N) is 5. The van der Waals surface area contributed by atoms with Crippen LogP contribution in [0.2, 0.25) is 20.1 Å². The summed E-state index contributed by atoms with van der Waals surface area (Å²) in [6, 6.07) is 10.9. The predicted octanol–water partition coefficient (Wildman–Crippen LogP) is 11.7. The Morgan fingerprint density at radius 2 is 1.12 bits per heavy atom. The number of hydrogen-bond donors (Lipinski definition) is 0. The maximum Gasteiger partial charge on any atom is 0.264 e. The molecule has 0 amide bonds. The van der Waals surface area contributed by atoms with Gasteiger partial charge in [-0.05, 0) is 118 Å². The molecule has 0 saturated heterocycles. The van der Waals surface area contributed by atoms with Crippen LogP contribution in [0, 0.1) is 23.7 Å². The number of rotatable bonds is 13. The SMILES string of the molecule is CS(=O)(=O)O[C@@H]1C[C@@H]2C[C@H]1C[C@@H]2OCc1c(-c2c(Cl)cccc2Cl)noc1C1CC1.[N-]=[N+]=N[C@H]1C[C@@H]2C[C@H]1C[C@@H]2OCc1c(-c2c(Cl)cccc2Cl)noc1C1CC1. The summed E-state index contributed by atoms with van der Waals surface area (Å²) in [5.41, 5.74) is 13.3. The van der Waals surface area contributed by atoms with Crippen LogP contribution in [0.1, 0.15) is 98.7 Å². The van der Waals surface area contributed by atoms with Crippen LogP contribution < -0.4 is 0 Å². The topological polar surface area (TPSA) is 163 Å². The zero-order valence-electron chi connectivity index (χ0n) is 31.7. The Balaban J connectivity index is 0.000000151. The van der Waals surface area contributed by atoms with E-state index in [-0.39, 0.29) is 30.3 Å². The third kappa shape index (κ3) is 8.41. The average Bonchev–Trinajstić information content (AvgIpc) is 3.87. The van der Waals surface area contributed by atoms with Gasteiger partial charge in [0.2, 0.25) is 0 Å². The molecule has 2 aromatic heterocycles. The molecule has 6 saturated carbocycles. The number of fused-ring (bicyclic) bond motifs is 4. The van der Waals surface area contributed by atoms with Gasteiger partial charge in [-0.3, -0.25) is 4.18 Å². The summed E-state index contributed by atoms with van der Waals surface area (Å²) >= 11 is 25.7. The Labute approximate surface area is 356 Å². The Bertz CT molecular complexity index is 2300. The van der Waals surface area contributed by atoms with Gasteiger partial charge in [0, 0.05) is 45.0 Å². The van der Waals surface area contributed by atoms with E-state index in [2.05, 4.69) is 20.3 Å². The van der Waals surface area contributed by atoms with Crippen molar-refractivity contribution in [1.29, 1.82) is 0 Å². The molecule has 58 heavy (non-hydrogen) atoms. The van der Waals surface area contributed by atoms with E-state index in [0.29, 0.717) is 91.8 Å². The molecule has 0 N–H and O–H groups in total. The second-order valence-electron chi connectivity index (χ2n) is 16.8. The Morgan fingerprint density at radius 3 is 1.52 bits per heavy atom. The van der Waals surface area contributed by atoms with Gasteiger partial charge in [-0.15, -0.1) is 0 Å². The molecule has 8 atom stereocenters. The first-order valence-corrected chi connectivity index (χ1v) is 23.3. The van der Waals surface area contributed by atoms with Gasteiger partial charge in [0.05, 0.1) is 57.9 Å². The van der Waals surface area contributed by atoms with Crippen molar-refractivity contribution in [2.24, 2.45) is 28.8 Å². The number of aromatic nitrogens is 2. The summed E-state index contributed by atoms with van der Waals surface area (Å²) in [6.07, 6.45) is 10.9. The molecule has 0 aliphatic heterocycles. The first-order chi connectivity index (χ1) is 28.0. The number of azide groups is 1. The van der Waals surface area contributed by atoms with Crippen molar-refractivity contribution in [3.8, 4) is 22.5 Å². The minimum Gasteiger partial charge on any atom is -0.373 e. The van der Waals surface area contributed by atoms with Crippen LogP contribution in [0.3, 0.4) is 0 Å². The highest BCUT2D eigenvalue weighted by molar-refractivity contribution is 7.86. The molecule has 6 aliphatic rings. The lowest BCUT2D eigenvalue weighted by molar-refractivity contribution is -0.0144. The molecule has 6 fully saturated rings. The Morgan fingerprint density at radius 1 is 0.690 bits per heavy atom. The van der Waals surface area contributed by atoms with Crippen molar-refractivity contribution >= 4 is 56.5 Å². The summed E-state index contributed by atoms with van der Waals surface area (Å²) < 4.78 is 52.3. The molecule has 308 valence electrons. The van der Waals surface area contributed by atoms with Crippen LogP contribution in [0.15, 0.2) is 50.6 Å². The zero-order valence-corrected chi connectivity index (χ0v) is 35.6. The summed E-state index contributed by atoms with van der Waals surface area (Å²) in [5, 5.41) is 14.7. The highest BCUT2D eigenvalue weighted by Crippen LogP contribution is 2.52. The first-order valence-electron chi connectivity index (χ1n) is 20.0. The monoisotopic (exact) mass is 889 g/mol. The third-order valence-electron chi connectivity index (χ3n) is 12.8. The fourth-order valence-corrected chi connectivity index (χ4v) is 11.6. The molecule has 12 nitrogen and oxygen atoms in total. The van der Waals surface area contributed by atoms with Crippen LogP contribution in [-0.2, 0) is 37.0 Å². The molecule has 10 rings (SSSR count). The largest absolute Gasteiger partial charge is 0.373 e. The Hall–Kier alpha value is -2.84. The van der Waals surface area contributed by atoms with Crippen molar-refractivity contribution in [1.82, 2.24) is 10.3 Å². The van der Waals surface area contributed by atoms with E-state index < -0.39 is 10.1 Å². The summed E-state index contributed by atoms with van der Waals surface area (Å²) in [6.45, 7) is 0.810. The van der Waals surface area contributed by atoms with Crippen LogP contribution in [0.4, 0.5) is 0 Å². The smallest absolute Gasteiger partial charge is 0.264 e. The Kier molecular flexibility index (Phi) is 11.6. The van der Waals surface area contributed by atoms with Crippen molar-refractivity contribution in [3.05, 3.63) is 89.6 Å². The van der Waals surface area contributed by atoms with Crippen molar-refractivity contribution in [2.45, 2.75) is 114 Å². The zero-order chi connectivity index (χ0) is 40.3. The number of halogens is 4. The molecule has 0 radical (unpaired) electrons. The number of hydrogen-bond acceptors (Lipinski definition) is 10.